The van der Waals surface area contributed by atoms with Gasteiger partial charge in [-0.3, -0.25) is 15.1 Å². The molecule has 1 aromatic heterocycles. The predicted molar refractivity (Wildman–Crippen MR) is 59.9 cm³/mol. The van der Waals surface area contributed by atoms with Gasteiger partial charge in [-0.2, -0.15) is 0 Å². The van der Waals surface area contributed by atoms with E-state index in [1.165, 1.54) is 6.92 Å². The summed E-state index contributed by atoms with van der Waals surface area (Å²) in [6.45, 7) is 1.75. The maximum atomic E-state index is 11.2. The van der Waals surface area contributed by atoms with Crippen LogP contribution in [0.15, 0.2) is 24.4 Å². The van der Waals surface area contributed by atoms with Gasteiger partial charge in [-0.25, -0.2) is 4.79 Å². The van der Waals surface area contributed by atoms with Crippen LogP contribution in [-0.4, -0.2) is 22.3 Å². The van der Waals surface area contributed by atoms with E-state index in [0.717, 1.165) is 0 Å². The van der Waals surface area contributed by atoms with E-state index < -0.39 is 17.3 Å². The number of nitrogens with one attached hydrogen (secondary N) is 2. The van der Waals surface area contributed by atoms with Gasteiger partial charge < -0.3 is 5.32 Å². The Labute approximate surface area is 98.2 Å². The number of amides is 3. The summed E-state index contributed by atoms with van der Waals surface area (Å²) < 4.78 is 0. The van der Waals surface area contributed by atoms with E-state index in [1.54, 1.807) is 18.3 Å². The molecule has 16 heavy (non-hydrogen) atoms. The van der Waals surface area contributed by atoms with Crippen molar-refractivity contribution in [1.29, 1.82) is 0 Å². The van der Waals surface area contributed by atoms with Gasteiger partial charge >= 0.3 is 6.03 Å². The molecule has 6 heteroatoms. The van der Waals surface area contributed by atoms with Gasteiger partial charge in [-0.15, -0.1) is 11.6 Å². The first kappa shape index (κ1) is 12.4. The van der Waals surface area contributed by atoms with Gasteiger partial charge in [-0.05, 0) is 19.1 Å². The minimum atomic E-state index is -0.736. The van der Waals surface area contributed by atoms with Gasteiger partial charge in [0.1, 0.15) is 5.38 Å². The van der Waals surface area contributed by atoms with Gasteiger partial charge in [0.05, 0.1) is 12.2 Å². The molecule has 1 rings (SSSR count). The Balaban J connectivity index is 2.34. The molecule has 5 nitrogen and oxygen atoms in total. The van der Waals surface area contributed by atoms with Gasteiger partial charge in [0.15, 0.2) is 0 Å². The van der Waals surface area contributed by atoms with E-state index in [2.05, 4.69) is 15.6 Å². The molecule has 1 aromatic rings. The second kappa shape index (κ2) is 6.07. The number of hydrogen-bond donors (Lipinski definition) is 2. The third kappa shape index (κ3) is 4.27. The summed E-state index contributed by atoms with van der Waals surface area (Å²) in [5.74, 6) is -0.528. The molecule has 0 aliphatic heterocycles. The van der Waals surface area contributed by atoms with Gasteiger partial charge in [0.25, 0.3) is 0 Å². The standard InChI is InChI=1S/C10H12ClN3O2/c1-7(11)9(15)14-10(16)13-6-8-4-2-3-5-12-8/h2-5,7H,6H2,1H3,(H2,13,14,15,16). The fraction of sp³-hybridized carbons (Fsp3) is 0.300. The first-order valence-electron chi connectivity index (χ1n) is 4.72. The lowest BCUT2D eigenvalue weighted by Crippen LogP contribution is -2.41. The van der Waals surface area contributed by atoms with Crippen LogP contribution in [0.4, 0.5) is 4.79 Å². The van der Waals surface area contributed by atoms with Crippen LogP contribution in [-0.2, 0) is 11.3 Å². The molecule has 3 amide bonds. The minimum absolute atomic E-state index is 0.261. The smallest absolute Gasteiger partial charge is 0.321 e. The van der Waals surface area contributed by atoms with Crippen molar-refractivity contribution in [2.45, 2.75) is 18.8 Å². The first-order valence-corrected chi connectivity index (χ1v) is 5.16. The topological polar surface area (TPSA) is 71.1 Å². The van der Waals surface area contributed by atoms with Crippen molar-refractivity contribution in [1.82, 2.24) is 15.6 Å². The molecule has 0 radical (unpaired) electrons. The Morgan fingerprint density at radius 2 is 2.25 bits per heavy atom. The molecular weight excluding hydrogens is 230 g/mol. The van der Waals surface area contributed by atoms with Crippen LogP contribution >= 0.6 is 11.6 Å². The molecule has 2 N–H and O–H groups in total. The zero-order valence-corrected chi connectivity index (χ0v) is 9.49. The summed E-state index contributed by atoms with van der Waals surface area (Å²) in [7, 11) is 0. The summed E-state index contributed by atoms with van der Waals surface area (Å²) in [6.07, 6.45) is 1.63. The number of urea groups is 1. The highest BCUT2D eigenvalue weighted by Gasteiger charge is 2.12. The Morgan fingerprint density at radius 3 is 2.81 bits per heavy atom. The molecule has 0 fully saturated rings. The number of pyridine rings is 1. The van der Waals surface area contributed by atoms with E-state index in [1.807, 2.05) is 6.07 Å². The number of rotatable bonds is 3. The van der Waals surface area contributed by atoms with E-state index in [0.29, 0.717) is 5.69 Å². The Bertz CT molecular complexity index is 368. The summed E-state index contributed by atoms with van der Waals surface area (Å²) >= 11 is 5.49. The number of halogens is 1. The largest absolute Gasteiger partial charge is 0.332 e. The average Bonchev–Trinajstić information content (AvgIpc) is 2.27. The van der Waals surface area contributed by atoms with Crippen molar-refractivity contribution in [2.24, 2.45) is 0 Å². The third-order valence-electron chi connectivity index (χ3n) is 1.75. The van der Waals surface area contributed by atoms with Crippen LogP contribution in [0.3, 0.4) is 0 Å². The van der Waals surface area contributed by atoms with Crippen LogP contribution in [0.2, 0.25) is 0 Å². The van der Waals surface area contributed by atoms with Crippen molar-refractivity contribution in [3.8, 4) is 0 Å². The Morgan fingerprint density at radius 1 is 1.50 bits per heavy atom. The lowest BCUT2D eigenvalue weighted by atomic mass is 10.3. The van der Waals surface area contributed by atoms with Gasteiger partial charge in [0.2, 0.25) is 5.91 Å². The fourth-order valence-electron chi connectivity index (χ4n) is 0.929. The number of carbonyl (C=O) groups is 2. The van der Waals surface area contributed by atoms with E-state index in [9.17, 15) is 9.59 Å². The zero-order valence-electron chi connectivity index (χ0n) is 8.74. The molecular formula is C10H12ClN3O2. The highest BCUT2D eigenvalue weighted by atomic mass is 35.5. The van der Waals surface area contributed by atoms with Crippen molar-refractivity contribution in [3.05, 3.63) is 30.1 Å². The quantitative estimate of drug-likeness (QED) is 0.777. The van der Waals surface area contributed by atoms with Gasteiger partial charge in [-0.1, -0.05) is 6.07 Å². The predicted octanol–water partition coefficient (Wildman–Crippen LogP) is 1.03. The van der Waals surface area contributed by atoms with Crippen molar-refractivity contribution >= 4 is 23.5 Å². The second-order valence-corrected chi connectivity index (χ2v) is 3.76. The van der Waals surface area contributed by atoms with Gasteiger partial charge in [0, 0.05) is 6.20 Å². The molecule has 86 valence electrons. The Kier molecular flexibility index (Phi) is 4.72. The monoisotopic (exact) mass is 241 g/mol. The van der Waals surface area contributed by atoms with E-state index >= 15 is 0 Å². The number of hydrogen-bond acceptors (Lipinski definition) is 3. The number of carbonyl (C=O) groups excluding carboxylic acids is 2. The van der Waals surface area contributed by atoms with Crippen LogP contribution < -0.4 is 10.6 Å². The van der Waals surface area contributed by atoms with Crippen molar-refractivity contribution in [2.75, 3.05) is 0 Å². The van der Waals surface area contributed by atoms with E-state index in [4.69, 9.17) is 11.6 Å². The summed E-state index contributed by atoms with van der Waals surface area (Å²) in [6, 6.07) is 4.78. The molecule has 0 aliphatic rings. The highest BCUT2D eigenvalue weighted by Crippen LogP contribution is 1.93. The van der Waals surface area contributed by atoms with Crippen LogP contribution in [0.25, 0.3) is 0 Å². The molecule has 1 heterocycles. The molecule has 1 atom stereocenters. The maximum Gasteiger partial charge on any atom is 0.321 e. The van der Waals surface area contributed by atoms with E-state index in [-0.39, 0.29) is 6.54 Å². The fourth-order valence-corrected chi connectivity index (χ4v) is 0.984. The number of alkyl halides is 1. The number of aromatic nitrogens is 1. The molecule has 0 saturated heterocycles. The number of nitrogens with zero attached hydrogens (tertiary/aromatic N) is 1. The lowest BCUT2D eigenvalue weighted by Gasteiger charge is -2.06. The average molecular weight is 242 g/mol. The second-order valence-electron chi connectivity index (χ2n) is 3.11. The normalized spacial score (nSPS) is 11.6. The summed E-state index contributed by atoms with van der Waals surface area (Å²) in [4.78, 5) is 26.3. The molecule has 0 aliphatic carbocycles. The molecule has 0 bridgehead atoms. The van der Waals surface area contributed by atoms with Crippen molar-refractivity contribution in [3.63, 3.8) is 0 Å². The zero-order chi connectivity index (χ0) is 12.0. The third-order valence-corrected chi connectivity index (χ3v) is 1.95. The molecule has 0 spiro atoms. The Hall–Kier alpha value is -1.62. The van der Waals surface area contributed by atoms with Crippen LogP contribution in [0.5, 0.6) is 0 Å². The van der Waals surface area contributed by atoms with Crippen LogP contribution in [0, 0.1) is 0 Å². The molecule has 1 unspecified atom stereocenters. The number of imide groups is 1. The van der Waals surface area contributed by atoms with Crippen molar-refractivity contribution < 1.29 is 9.59 Å². The minimum Gasteiger partial charge on any atom is -0.332 e. The molecule has 0 saturated carbocycles. The van der Waals surface area contributed by atoms with Crippen LogP contribution in [0.1, 0.15) is 12.6 Å². The first-order chi connectivity index (χ1) is 7.59. The maximum absolute atomic E-state index is 11.2. The summed E-state index contributed by atoms with van der Waals surface area (Å²) in [5.41, 5.74) is 0.712. The summed E-state index contributed by atoms with van der Waals surface area (Å²) in [5, 5.41) is 3.86. The lowest BCUT2D eigenvalue weighted by molar-refractivity contribution is -0.119. The highest BCUT2D eigenvalue weighted by molar-refractivity contribution is 6.31. The SMILES string of the molecule is CC(Cl)C(=O)NC(=O)NCc1ccccn1. The molecule has 0 aromatic carbocycles.